The Balaban J connectivity index is 3.61. The Kier molecular flexibility index (Phi) is 4.67. The lowest BCUT2D eigenvalue weighted by Gasteiger charge is -2.13. The largest absolute Gasteiger partial charge is 0.310 e. The van der Waals surface area contributed by atoms with Crippen LogP contribution >= 0.6 is 22.6 Å². The molecule has 2 atom stereocenters. The molecule has 0 aromatic heterocycles. The lowest BCUT2D eigenvalue weighted by molar-refractivity contribution is -0.767. The fourth-order valence-corrected chi connectivity index (χ4v) is 0.665. The van der Waals surface area contributed by atoms with Crippen molar-refractivity contribution in [2.45, 2.75) is 30.3 Å². The lowest BCUT2D eigenvalue weighted by Crippen LogP contribution is -2.22. The van der Waals surface area contributed by atoms with E-state index < -0.39 is 5.09 Å². The Labute approximate surface area is 73.2 Å². The summed E-state index contributed by atoms with van der Waals surface area (Å²) in [5, 5.41) is 9.07. The molecule has 0 aliphatic carbocycles. The normalized spacial score (nSPS) is 15.9. The van der Waals surface area contributed by atoms with Gasteiger partial charge in [-0.05, 0) is 13.3 Å². The van der Waals surface area contributed by atoms with Crippen LogP contribution in [0.25, 0.3) is 0 Å². The third-order valence-electron chi connectivity index (χ3n) is 1.15. The van der Waals surface area contributed by atoms with Crippen LogP contribution in [0.5, 0.6) is 0 Å². The van der Waals surface area contributed by atoms with Gasteiger partial charge in [0.15, 0.2) is 0 Å². The second kappa shape index (κ2) is 4.70. The highest BCUT2D eigenvalue weighted by Gasteiger charge is 2.14. The molecule has 0 saturated heterocycles. The topological polar surface area (TPSA) is 52.4 Å². The van der Waals surface area contributed by atoms with Gasteiger partial charge in [0, 0.05) is 3.92 Å². The summed E-state index contributed by atoms with van der Waals surface area (Å²) >= 11 is 2.14. The van der Waals surface area contributed by atoms with E-state index in [0.29, 0.717) is 0 Å². The van der Waals surface area contributed by atoms with Gasteiger partial charge in [0.25, 0.3) is 5.09 Å². The van der Waals surface area contributed by atoms with E-state index in [2.05, 4.69) is 27.4 Å². The standard InChI is InChI=1S/C5H10INO3/c1-3-5(6)4(2)10-7(8)9/h4-5H,3H2,1-2H3. The molecule has 10 heavy (non-hydrogen) atoms. The molecule has 0 aliphatic rings. The molecule has 0 aromatic carbocycles. The summed E-state index contributed by atoms with van der Waals surface area (Å²) in [6.07, 6.45) is 0.579. The maximum absolute atomic E-state index is 9.81. The van der Waals surface area contributed by atoms with Crippen molar-refractivity contribution in [2.75, 3.05) is 0 Å². The summed E-state index contributed by atoms with van der Waals surface area (Å²) in [7, 11) is 0. The molecule has 0 fully saturated rings. The Bertz CT molecular complexity index is 119. The van der Waals surface area contributed by atoms with Crippen LogP contribution in [0.15, 0.2) is 0 Å². The smallest absolute Gasteiger partial charge is 0.294 e. The van der Waals surface area contributed by atoms with Gasteiger partial charge >= 0.3 is 0 Å². The molecule has 0 radical (unpaired) electrons. The molecule has 60 valence electrons. The van der Waals surface area contributed by atoms with E-state index in [9.17, 15) is 10.1 Å². The number of halogens is 1. The predicted molar refractivity (Wildman–Crippen MR) is 45.6 cm³/mol. The van der Waals surface area contributed by atoms with Crippen LogP contribution in [0.1, 0.15) is 20.3 Å². The quantitative estimate of drug-likeness (QED) is 0.335. The summed E-state index contributed by atoms with van der Waals surface area (Å²) in [6, 6.07) is 0. The van der Waals surface area contributed by atoms with Crippen LogP contribution < -0.4 is 0 Å². The molecule has 0 amide bonds. The fourth-order valence-electron chi connectivity index (χ4n) is 0.534. The second-order valence-electron chi connectivity index (χ2n) is 1.96. The van der Waals surface area contributed by atoms with Gasteiger partial charge < -0.3 is 4.84 Å². The zero-order valence-corrected chi connectivity index (χ0v) is 8.07. The summed E-state index contributed by atoms with van der Waals surface area (Å²) in [6.45, 7) is 3.67. The van der Waals surface area contributed by atoms with E-state index >= 15 is 0 Å². The van der Waals surface area contributed by atoms with Crippen molar-refractivity contribution in [3.63, 3.8) is 0 Å². The Morgan fingerprint density at radius 3 is 2.60 bits per heavy atom. The fraction of sp³-hybridized carbons (Fsp3) is 1.00. The van der Waals surface area contributed by atoms with Crippen molar-refractivity contribution < 1.29 is 9.92 Å². The number of rotatable bonds is 4. The molecule has 0 spiro atoms. The van der Waals surface area contributed by atoms with Gasteiger partial charge in [0.05, 0.1) is 0 Å². The van der Waals surface area contributed by atoms with Gasteiger partial charge in [-0.3, -0.25) is 0 Å². The molecule has 0 heterocycles. The first-order chi connectivity index (χ1) is 4.57. The predicted octanol–water partition coefficient (Wildman–Crippen LogP) is 1.80. The van der Waals surface area contributed by atoms with Gasteiger partial charge in [-0.15, -0.1) is 10.1 Å². The first-order valence-electron chi connectivity index (χ1n) is 3.03. The zero-order chi connectivity index (χ0) is 8.15. The van der Waals surface area contributed by atoms with Crippen molar-refractivity contribution in [1.82, 2.24) is 0 Å². The van der Waals surface area contributed by atoms with Crippen molar-refractivity contribution in [3.8, 4) is 0 Å². The minimum Gasteiger partial charge on any atom is -0.310 e. The maximum Gasteiger partial charge on any atom is 0.294 e. The molecule has 5 heteroatoms. The molecule has 0 rings (SSSR count). The molecular weight excluding hydrogens is 249 g/mol. The van der Waals surface area contributed by atoms with Crippen LogP contribution in [0.2, 0.25) is 0 Å². The molecule has 4 nitrogen and oxygen atoms in total. The number of nitrogens with zero attached hydrogens (tertiary/aromatic N) is 1. The van der Waals surface area contributed by atoms with Gasteiger partial charge in [-0.1, -0.05) is 29.5 Å². The molecule has 0 bridgehead atoms. The summed E-state index contributed by atoms with van der Waals surface area (Å²) in [5.74, 6) is 0. The van der Waals surface area contributed by atoms with E-state index in [1.54, 1.807) is 6.92 Å². The highest BCUT2D eigenvalue weighted by atomic mass is 127. The number of alkyl halides is 1. The van der Waals surface area contributed by atoms with Gasteiger partial charge in [-0.2, -0.15) is 0 Å². The first kappa shape index (κ1) is 9.93. The monoisotopic (exact) mass is 259 g/mol. The third kappa shape index (κ3) is 3.86. The minimum absolute atomic E-state index is 0.211. The Morgan fingerprint density at radius 2 is 2.30 bits per heavy atom. The average molecular weight is 259 g/mol. The highest BCUT2D eigenvalue weighted by molar-refractivity contribution is 14.1. The third-order valence-corrected chi connectivity index (χ3v) is 3.05. The van der Waals surface area contributed by atoms with E-state index in [4.69, 9.17) is 0 Å². The van der Waals surface area contributed by atoms with Crippen LogP contribution in [0.4, 0.5) is 0 Å². The summed E-state index contributed by atoms with van der Waals surface area (Å²) in [5.41, 5.74) is 0. The average Bonchev–Trinajstić information content (AvgIpc) is 1.85. The summed E-state index contributed by atoms with van der Waals surface area (Å²) in [4.78, 5) is 14.1. The van der Waals surface area contributed by atoms with E-state index in [-0.39, 0.29) is 10.0 Å². The van der Waals surface area contributed by atoms with Crippen LogP contribution in [0.3, 0.4) is 0 Å². The first-order valence-corrected chi connectivity index (χ1v) is 4.27. The highest BCUT2D eigenvalue weighted by Crippen LogP contribution is 2.12. The molecular formula is C5H10INO3. The van der Waals surface area contributed by atoms with E-state index in [1.165, 1.54) is 0 Å². The number of hydrogen-bond acceptors (Lipinski definition) is 3. The van der Waals surface area contributed by atoms with E-state index in [0.717, 1.165) is 6.42 Å². The van der Waals surface area contributed by atoms with Crippen molar-refractivity contribution in [1.29, 1.82) is 0 Å². The van der Waals surface area contributed by atoms with E-state index in [1.807, 2.05) is 6.92 Å². The SMILES string of the molecule is CCC(I)C(C)O[N+](=O)[O-]. The molecule has 0 N–H and O–H groups in total. The second-order valence-corrected chi connectivity index (χ2v) is 3.56. The molecule has 0 saturated carbocycles. The minimum atomic E-state index is -0.744. The van der Waals surface area contributed by atoms with Crippen LogP contribution in [-0.4, -0.2) is 15.1 Å². The van der Waals surface area contributed by atoms with Gasteiger partial charge in [0.1, 0.15) is 6.10 Å². The Morgan fingerprint density at radius 1 is 1.80 bits per heavy atom. The van der Waals surface area contributed by atoms with Crippen molar-refractivity contribution in [2.24, 2.45) is 0 Å². The molecule has 2 unspecified atom stereocenters. The number of hydrogen-bond donors (Lipinski definition) is 0. The molecule has 0 aliphatic heterocycles. The van der Waals surface area contributed by atoms with Crippen molar-refractivity contribution in [3.05, 3.63) is 10.1 Å². The lowest BCUT2D eigenvalue weighted by atomic mass is 10.2. The maximum atomic E-state index is 9.81. The summed E-state index contributed by atoms with van der Waals surface area (Å²) < 4.78 is 0.211. The van der Waals surface area contributed by atoms with Crippen LogP contribution in [0, 0.1) is 10.1 Å². The van der Waals surface area contributed by atoms with Crippen LogP contribution in [-0.2, 0) is 4.84 Å². The molecule has 0 aromatic rings. The Hall–Kier alpha value is -0.0700. The van der Waals surface area contributed by atoms with Gasteiger partial charge in [0.2, 0.25) is 0 Å². The van der Waals surface area contributed by atoms with Gasteiger partial charge in [-0.25, -0.2) is 0 Å². The van der Waals surface area contributed by atoms with Crippen molar-refractivity contribution >= 4 is 22.6 Å². The zero-order valence-electron chi connectivity index (χ0n) is 5.91.